The van der Waals surface area contributed by atoms with Gasteiger partial charge in [-0.05, 0) is 48.4 Å². The van der Waals surface area contributed by atoms with Crippen molar-refractivity contribution in [2.75, 3.05) is 5.75 Å². The van der Waals surface area contributed by atoms with Gasteiger partial charge < -0.3 is 4.42 Å². The first-order valence-electron chi connectivity index (χ1n) is 9.60. The monoisotopic (exact) mass is 437 g/mol. The Morgan fingerprint density at radius 3 is 2.50 bits per heavy atom. The van der Waals surface area contributed by atoms with Crippen LogP contribution in [0.2, 0.25) is 5.02 Å². The van der Waals surface area contributed by atoms with Crippen LogP contribution in [0.3, 0.4) is 0 Å². The molecule has 0 fully saturated rings. The van der Waals surface area contributed by atoms with Crippen LogP contribution in [0.25, 0.3) is 11.4 Å². The van der Waals surface area contributed by atoms with Crippen molar-refractivity contribution in [3.05, 3.63) is 88.8 Å². The molecule has 0 radical (unpaired) electrons. The highest BCUT2D eigenvalue weighted by atomic mass is 35.5. The number of aryl methyl sites for hydroxylation is 1. The Labute approximate surface area is 184 Å². The molecule has 0 N–H and O–H groups in total. The number of rotatable bonds is 8. The summed E-state index contributed by atoms with van der Waals surface area (Å²) in [7, 11) is 0. The lowest BCUT2D eigenvalue weighted by Crippen LogP contribution is -2.07. The van der Waals surface area contributed by atoms with Crippen molar-refractivity contribution in [3.63, 3.8) is 0 Å². The highest BCUT2D eigenvalue weighted by molar-refractivity contribution is 7.99. The number of carbonyl (C=O) groups is 1. The van der Waals surface area contributed by atoms with Crippen molar-refractivity contribution in [2.24, 2.45) is 0 Å². The van der Waals surface area contributed by atoms with Gasteiger partial charge in [0.15, 0.2) is 16.8 Å². The summed E-state index contributed by atoms with van der Waals surface area (Å²) in [5.74, 6) is 1.82. The number of aromatic nitrogens is 3. The lowest BCUT2D eigenvalue weighted by Gasteiger charge is -2.09. The third kappa shape index (κ3) is 4.66. The summed E-state index contributed by atoms with van der Waals surface area (Å²) in [6.45, 7) is 2.57. The van der Waals surface area contributed by atoms with E-state index in [-0.39, 0.29) is 11.5 Å². The van der Waals surface area contributed by atoms with Crippen LogP contribution in [0.15, 0.2) is 76.5 Å². The van der Waals surface area contributed by atoms with Gasteiger partial charge in [-0.1, -0.05) is 54.6 Å². The van der Waals surface area contributed by atoms with Gasteiger partial charge in [0, 0.05) is 16.1 Å². The van der Waals surface area contributed by atoms with Gasteiger partial charge in [-0.3, -0.25) is 9.36 Å². The molecule has 4 rings (SSSR count). The van der Waals surface area contributed by atoms with Crippen molar-refractivity contribution < 1.29 is 9.21 Å². The summed E-state index contributed by atoms with van der Waals surface area (Å²) < 4.78 is 7.47. The third-order valence-corrected chi connectivity index (χ3v) is 5.95. The van der Waals surface area contributed by atoms with Gasteiger partial charge in [-0.2, -0.15) is 0 Å². The molecule has 0 spiro atoms. The molecule has 2 aromatic heterocycles. The van der Waals surface area contributed by atoms with E-state index in [0.29, 0.717) is 28.1 Å². The number of nitrogens with zero attached hydrogens (tertiary/aromatic N) is 3. The second kappa shape index (κ2) is 9.32. The van der Waals surface area contributed by atoms with Crippen LogP contribution >= 0.6 is 23.4 Å². The van der Waals surface area contributed by atoms with Gasteiger partial charge >= 0.3 is 0 Å². The molecule has 0 aliphatic heterocycles. The van der Waals surface area contributed by atoms with E-state index in [9.17, 15) is 4.79 Å². The maximum Gasteiger partial charge on any atom is 0.192 e. The second-order valence-corrected chi connectivity index (χ2v) is 8.12. The molecule has 0 unspecified atom stereocenters. The maximum absolute atomic E-state index is 12.6. The number of carbonyl (C=O) groups excluding carboxylic acids is 1. The minimum atomic E-state index is 0.0586. The van der Waals surface area contributed by atoms with Gasteiger partial charge in [-0.15, -0.1) is 10.2 Å². The summed E-state index contributed by atoms with van der Waals surface area (Å²) in [5.41, 5.74) is 2.81. The molecule has 30 heavy (non-hydrogen) atoms. The predicted molar refractivity (Wildman–Crippen MR) is 119 cm³/mol. The molecule has 0 saturated carbocycles. The first kappa shape index (κ1) is 20.4. The van der Waals surface area contributed by atoms with Gasteiger partial charge in [0.05, 0.1) is 18.6 Å². The fraction of sp³-hybridized carbons (Fsp3) is 0.174. The first-order chi connectivity index (χ1) is 14.6. The van der Waals surface area contributed by atoms with Crippen molar-refractivity contribution in [1.29, 1.82) is 0 Å². The van der Waals surface area contributed by atoms with Crippen molar-refractivity contribution in [1.82, 2.24) is 14.8 Å². The largest absolute Gasteiger partial charge is 0.467 e. The fourth-order valence-corrected chi connectivity index (χ4v) is 4.01. The maximum atomic E-state index is 12.6. The fourth-order valence-electron chi connectivity index (χ4n) is 3.05. The van der Waals surface area contributed by atoms with Crippen molar-refractivity contribution in [3.8, 4) is 11.4 Å². The van der Waals surface area contributed by atoms with Gasteiger partial charge in [-0.25, -0.2) is 0 Å². The van der Waals surface area contributed by atoms with Crippen LogP contribution in [0, 0.1) is 0 Å². The van der Waals surface area contributed by atoms with Crippen LogP contribution in [0.1, 0.15) is 28.6 Å². The molecule has 5 nitrogen and oxygen atoms in total. The van der Waals surface area contributed by atoms with E-state index in [0.717, 1.165) is 17.7 Å². The zero-order chi connectivity index (χ0) is 20.9. The summed E-state index contributed by atoms with van der Waals surface area (Å²) in [5, 5.41) is 10.0. The number of Topliss-reactive ketones (excluding diaryl/α,β-unsaturated/α-hetero) is 1. The summed E-state index contributed by atoms with van der Waals surface area (Å²) in [6.07, 6.45) is 2.59. The van der Waals surface area contributed by atoms with E-state index in [2.05, 4.69) is 17.1 Å². The topological polar surface area (TPSA) is 60.9 Å². The smallest absolute Gasteiger partial charge is 0.192 e. The van der Waals surface area contributed by atoms with Gasteiger partial charge in [0.25, 0.3) is 0 Å². The molecule has 0 aliphatic rings. The molecule has 0 aliphatic carbocycles. The predicted octanol–water partition coefficient (Wildman–Crippen LogP) is 5.78. The third-order valence-electron chi connectivity index (χ3n) is 4.73. The number of ketones is 1. The average molecular weight is 438 g/mol. The molecule has 4 aromatic rings. The minimum Gasteiger partial charge on any atom is -0.467 e. The Bertz CT molecular complexity index is 1120. The van der Waals surface area contributed by atoms with Crippen molar-refractivity contribution in [2.45, 2.75) is 25.0 Å². The average Bonchev–Trinajstić information content (AvgIpc) is 3.43. The number of thioether (sulfide) groups is 1. The van der Waals surface area contributed by atoms with Gasteiger partial charge in [0.1, 0.15) is 5.76 Å². The molecule has 0 bridgehead atoms. The Hall–Kier alpha value is -2.83. The normalized spacial score (nSPS) is 11.0. The molecular formula is C23H20ClN3O2S. The quantitative estimate of drug-likeness (QED) is 0.258. The van der Waals surface area contributed by atoms with E-state index >= 15 is 0 Å². The highest BCUT2D eigenvalue weighted by Crippen LogP contribution is 2.27. The standard InChI is InChI=1S/C23H20ClN3O2S/c1-2-16-5-7-17(8-6-16)21(28)15-30-23-26-25-22(18-9-11-19(24)12-10-18)27(23)14-20-4-3-13-29-20/h3-13H,2,14-15H2,1H3. The Balaban J connectivity index is 1.57. The van der Waals surface area contributed by atoms with Crippen LogP contribution < -0.4 is 0 Å². The molecule has 0 saturated heterocycles. The van der Waals surface area contributed by atoms with E-state index in [1.807, 2.05) is 65.2 Å². The van der Waals surface area contributed by atoms with E-state index in [1.54, 1.807) is 6.26 Å². The van der Waals surface area contributed by atoms with Crippen LogP contribution in [-0.4, -0.2) is 26.3 Å². The van der Waals surface area contributed by atoms with E-state index < -0.39 is 0 Å². The molecule has 2 heterocycles. The summed E-state index contributed by atoms with van der Waals surface area (Å²) in [6, 6.07) is 18.9. The Morgan fingerprint density at radius 1 is 1.07 bits per heavy atom. The lowest BCUT2D eigenvalue weighted by atomic mass is 10.1. The molecule has 7 heteroatoms. The number of hydrogen-bond acceptors (Lipinski definition) is 5. The number of hydrogen-bond donors (Lipinski definition) is 0. The number of benzene rings is 2. The molecule has 152 valence electrons. The SMILES string of the molecule is CCc1ccc(C(=O)CSc2nnc(-c3ccc(Cl)cc3)n2Cc2ccco2)cc1. The summed E-state index contributed by atoms with van der Waals surface area (Å²) >= 11 is 7.39. The van der Waals surface area contributed by atoms with Crippen molar-refractivity contribution >= 4 is 29.1 Å². The van der Waals surface area contributed by atoms with Crippen LogP contribution in [0.4, 0.5) is 0 Å². The Kier molecular flexibility index (Phi) is 6.35. The zero-order valence-electron chi connectivity index (χ0n) is 16.4. The summed E-state index contributed by atoms with van der Waals surface area (Å²) in [4.78, 5) is 12.6. The lowest BCUT2D eigenvalue weighted by molar-refractivity contribution is 0.102. The number of furan rings is 1. The molecule has 0 amide bonds. The molecular weight excluding hydrogens is 418 g/mol. The first-order valence-corrected chi connectivity index (χ1v) is 11.0. The second-order valence-electron chi connectivity index (χ2n) is 6.74. The molecule has 2 aromatic carbocycles. The Morgan fingerprint density at radius 2 is 1.83 bits per heavy atom. The highest BCUT2D eigenvalue weighted by Gasteiger charge is 2.17. The van der Waals surface area contributed by atoms with E-state index in [1.165, 1.54) is 17.3 Å². The van der Waals surface area contributed by atoms with Crippen LogP contribution in [0.5, 0.6) is 0 Å². The van der Waals surface area contributed by atoms with Gasteiger partial charge in [0.2, 0.25) is 0 Å². The van der Waals surface area contributed by atoms with E-state index in [4.69, 9.17) is 16.0 Å². The number of halogens is 1. The van der Waals surface area contributed by atoms with Crippen LogP contribution in [-0.2, 0) is 13.0 Å². The zero-order valence-corrected chi connectivity index (χ0v) is 18.0. The minimum absolute atomic E-state index is 0.0586. The molecule has 0 atom stereocenters.